The van der Waals surface area contributed by atoms with E-state index in [1.54, 1.807) is 14.0 Å². The highest BCUT2D eigenvalue weighted by Gasteiger charge is 2.15. The van der Waals surface area contributed by atoms with Crippen LogP contribution >= 0.6 is 15.9 Å². The number of carbonyl (C=O) groups excluding carboxylic acids is 1. The largest absolute Gasteiger partial charge is 0.497 e. The van der Waals surface area contributed by atoms with E-state index in [4.69, 9.17) is 9.47 Å². The summed E-state index contributed by atoms with van der Waals surface area (Å²) in [5, 5.41) is 0. The Morgan fingerprint density at radius 2 is 2.18 bits per heavy atom. The average Bonchev–Trinajstić information content (AvgIpc) is 2.32. The Balaban J connectivity index is 2.76. The summed E-state index contributed by atoms with van der Waals surface area (Å²) in [6, 6.07) is 5.59. The van der Waals surface area contributed by atoms with Crippen molar-refractivity contribution in [2.75, 3.05) is 13.7 Å². The van der Waals surface area contributed by atoms with Crippen LogP contribution in [0.25, 0.3) is 0 Å². The van der Waals surface area contributed by atoms with Crippen molar-refractivity contribution in [1.82, 2.24) is 0 Å². The zero-order chi connectivity index (χ0) is 12.8. The quantitative estimate of drug-likeness (QED) is 0.810. The molecule has 1 aromatic carbocycles. The van der Waals surface area contributed by atoms with Gasteiger partial charge in [0.15, 0.2) is 5.78 Å². The Hall–Kier alpha value is -0.870. The van der Waals surface area contributed by atoms with Gasteiger partial charge in [0.25, 0.3) is 0 Å². The van der Waals surface area contributed by atoms with Gasteiger partial charge < -0.3 is 9.47 Å². The molecular weight excluding hydrogens is 284 g/mol. The van der Waals surface area contributed by atoms with Gasteiger partial charge in [-0.05, 0) is 37.6 Å². The first-order chi connectivity index (χ1) is 8.08. The standard InChI is InChI=1S/C13H17BrO3/c1-4-17-9(2)13(15)8-10-7-11(16-3)5-6-12(10)14/h5-7,9H,4,8H2,1-3H3. The van der Waals surface area contributed by atoms with E-state index in [1.165, 1.54) is 0 Å². The second-order valence-electron chi connectivity index (χ2n) is 3.70. The van der Waals surface area contributed by atoms with Gasteiger partial charge in [-0.1, -0.05) is 15.9 Å². The number of benzene rings is 1. The molecule has 1 aromatic rings. The Labute approximate surface area is 110 Å². The molecule has 0 heterocycles. The zero-order valence-electron chi connectivity index (χ0n) is 10.3. The first-order valence-corrected chi connectivity index (χ1v) is 6.34. The minimum atomic E-state index is -0.363. The SMILES string of the molecule is CCOC(C)C(=O)Cc1cc(OC)ccc1Br. The Bertz CT molecular complexity index is 390. The number of rotatable bonds is 6. The lowest BCUT2D eigenvalue weighted by molar-refractivity contribution is -0.128. The number of carbonyl (C=O) groups is 1. The fourth-order valence-electron chi connectivity index (χ4n) is 1.49. The van der Waals surface area contributed by atoms with Crippen LogP contribution in [0.4, 0.5) is 0 Å². The molecule has 17 heavy (non-hydrogen) atoms. The highest BCUT2D eigenvalue weighted by molar-refractivity contribution is 9.10. The molecule has 0 saturated heterocycles. The maximum atomic E-state index is 11.9. The van der Waals surface area contributed by atoms with Crippen molar-refractivity contribution in [3.05, 3.63) is 28.2 Å². The van der Waals surface area contributed by atoms with Gasteiger partial charge in [0.1, 0.15) is 11.9 Å². The summed E-state index contributed by atoms with van der Waals surface area (Å²) < 4.78 is 11.3. The molecule has 0 aliphatic heterocycles. The minimum Gasteiger partial charge on any atom is -0.497 e. The molecule has 4 heteroatoms. The lowest BCUT2D eigenvalue weighted by atomic mass is 10.1. The van der Waals surface area contributed by atoms with Gasteiger partial charge in [0.2, 0.25) is 0 Å². The maximum Gasteiger partial charge on any atom is 0.165 e. The maximum absolute atomic E-state index is 11.9. The molecule has 0 aliphatic carbocycles. The predicted molar refractivity (Wildman–Crippen MR) is 70.5 cm³/mol. The third-order valence-corrected chi connectivity index (χ3v) is 3.26. The van der Waals surface area contributed by atoms with Crippen LogP contribution in [0.3, 0.4) is 0 Å². The number of ketones is 1. The summed E-state index contributed by atoms with van der Waals surface area (Å²) in [4.78, 5) is 11.9. The zero-order valence-corrected chi connectivity index (χ0v) is 11.9. The van der Waals surface area contributed by atoms with Crippen molar-refractivity contribution in [1.29, 1.82) is 0 Å². The number of methoxy groups -OCH3 is 1. The van der Waals surface area contributed by atoms with Crippen LogP contribution in [0, 0.1) is 0 Å². The molecule has 0 bridgehead atoms. The van der Waals surface area contributed by atoms with Gasteiger partial charge in [-0.25, -0.2) is 0 Å². The van der Waals surface area contributed by atoms with Crippen LogP contribution in [0.5, 0.6) is 5.75 Å². The van der Waals surface area contributed by atoms with Crippen molar-refractivity contribution in [2.24, 2.45) is 0 Å². The monoisotopic (exact) mass is 300 g/mol. The van der Waals surface area contributed by atoms with E-state index in [9.17, 15) is 4.79 Å². The fraction of sp³-hybridized carbons (Fsp3) is 0.462. The summed E-state index contributed by atoms with van der Waals surface area (Å²) in [7, 11) is 1.61. The molecule has 3 nitrogen and oxygen atoms in total. The van der Waals surface area contributed by atoms with E-state index >= 15 is 0 Å². The van der Waals surface area contributed by atoms with E-state index in [0.29, 0.717) is 13.0 Å². The second kappa shape index (κ2) is 6.77. The molecule has 0 amide bonds. The first-order valence-electron chi connectivity index (χ1n) is 5.55. The smallest absolute Gasteiger partial charge is 0.165 e. The molecule has 0 spiro atoms. The Morgan fingerprint density at radius 1 is 1.47 bits per heavy atom. The van der Waals surface area contributed by atoms with Crippen molar-refractivity contribution < 1.29 is 14.3 Å². The van der Waals surface area contributed by atoms with Crippen LogP contribution in [0.2, 0.25) is 0 Å². The second-order valence-corrected chi connectivity index (χ2v) is 4.55. The lowest BCUT2D eigenvalue weighted by Crippen LogP contribution is -2.22. The van der Waals surface area contributed by atoms with Crippen LogP contribution < -0.4 is 4.74 Å². The van der Waals surface area contributed by atoms with Gasteiger partial charge >= 0.3 is 0 Å². The molecule has 0 fully saturated rings. The minimum absolute atomic E-state index is 0.0702. The van der Waals surface area contributed by atoms with Gasteiger partial charge in [-0.3, -0.25) is 4.79 Å². The Kier molecular flexibility index (Phi) is 5.65. The predicted octanol–water partition coefficient (Wildman–Crippen LogP) is 2.99. The molecule has 0 aromatic heterocycles. The van der Waals surface area contributed by atoms with Gasteiger partial charge in [-0.2, -0.15) is 0 Å². The number of ether oxygens (including phenoxy) is 2. The number of halogens is 1. The normalized spacial score (nSPS) is 12.2. The summed E-state index contributed by atoms with van der Waals surface area (Å²) in [5.74, 6) is 0.820. The number of hydrogen-bond donors (Lipinski definition) is 0. The van der Waals surface area contributed by atoms with Gasteiger partial charge in [-0.15, -0.1) is 0 Å². The summed E-state index contributed by atoms with van der Waals surface area (Å²) in [5.41, 5.74) is 0.918. The fourth-order valence-corrected chi connectivity index (χ4v) is 1.87. The van der Waals surface area contributed by atoms with Crippen molar-refractivity contribution in [2.45, 2.75) is 26.4 Å². The highest BCUT2D eigenvalue weighted by Crippen LogP contribution is 2.23. The summed E-state index contributed by atoms with van der Waals surface area (Å²) in [6.45, 7) is 4.21. The molecule has 0 aliphatic rings. The van der Waals surface area contributed by atoms with Crippen molar-refractivity contribution in [3.8, 4) is 5.75 Å². The number of Topliss-reactive ketones (excluding diaryl/α,β-unsaturated/α-hetero) is 1. The molecule has 94 valence electrons. The summed E-state index contributed by atoms with van der Waals surface area (Å²) >= 11 is 3.43. The Morgan fingerprint density at radius 3 is 2.76 bits per heavy atom. The van der Waals surface area contributed by atoms with E-state index < -0.39 is 0 Å². The molecule has 0 N–H and O–H groups in total. The van der Waals surface area contributed by atoms with Crippen LogP contribution in [0.1, 0.15) is 19.4 Å². The third kappa shape index (κ3) is 4.13. The highest BCUT2D eigenvalue weighted by atomic mass is 79.9. The van der Waals surface area contributed by atoms with Crippen LogP contribution in [-0.2, 0) is 16.0 Å². The van der Waals surface area contributed by atoms with E-state index in [0.717, 1.165) is 15.8 Å². The number of hydrogen-bond acceptors (Lipinski definition) is 3. The van der Waals surface area contributed by atoms with Gasteiger partial charge in [0, 0.05) is 17.5 Å². The molecular formula is C13H17BrO3. The molecule has 1 rings (SSSR count). The van der Waals surface area contributed by atoms with Crippen LogP contribution in [-0.4, -0.2) is 25.6 Å². The first kappa shape index (κ1) is 14.2. The molecule has 1 unspecified atom stereocenters. The lowest BCUT2D eigenvalue weighted by Gasteiger charge is -2.12. The van der Waals surface area contributed by atoms with Gasteiger partial charge in [0.05, 0.1) is 7.11 Å². The van der Waals surface area contributed by atoms with Crippen molar-refractivity contribution in [3.63, 3.8) is 0 Å². The van der Waals surface area contributed by atoms with E-state index in [1.807, 2.05) is 25.1 Å². The molecule has 1 atom stereocenters. The van der Waals surface area contributed by atoms with E-state index in [2.05, 4.69) is 15.9 Å². The van der Waals surface area contributed by atoms with Crippen LogP contribution in [0.15, 0.2) is 22.7 Å². The average molecular weight is 301 g/mol. The van der Waals surface area contributed by atoms with Crippen molar-refractivity contribution >= 4 is 21.7 Å². The summed E-state index contributed by atoms with van der Waals surface area (Å²) in [6.07, 6.45) is -0.0167. The topological polar surface area (TPSA) is 35.5 Å². The molecule has 0 radical (unpaired) electrons. The molecule has 0 saturated carbocycles. The van der Waals surface area contributed by atoms with E-state index in [-0.39, 0.29) is 11.9 Å². The third-order valence-electron chi connectivity index (χ3n) is 2.49.